The monoisotopic (exact) mass is 198 g/mol. The van der Waals surface area contributed by atoms with Gasteiger partial charge in [-0.1, -0.05) is 13.8 Å². The third-order valence-corrected chi connectivity index (χ3v) is 1.89. The fourth-order valence-electron chi connectivity index (χ4n) is 1.10. The van der Waals surface area contributed by atoms with Crippen molar-refractivity contribution in [2.24, 2.45) is 11.7 Å². The van der Waals surface area contributed by atoms with Gasteiger partial charge in [-0.15, -0.1) is 0 Å². The van der Waals surface area contributed by atoms with E-state index in [9.17, 15) is 0 Å². The van der Waals surface area contributed by atoms with Crippen LogP contribution >= 0.6 is 0 Å². The van der Waals surface area contributed by atoms with Crippen molar-refractivity contribution in [2.75, 3.05) is 6.61 Å². The van der Waals surface area contributed by atoms with Gasteiger partial charge < -0.3 is 14.9 Å². The number of oxazole rings is 1. The first-order valence-electron chi connectivity index (χ1n) is 4.99. The van der Waals surface area contributed by atoms with Crippen LogP contribution in [0.5, 0.6) is 6.08 Å². The molecule has 0 amide bonds. The topological polar surface area (TPSA) is 61.3 Å². The van der Waals surface area contributed by atoms with Crippen molar-refractivity contribution >= 4 is 0 Å². The molecule has 0 aromatic carbocycles. The summed E-state index contributed by atoms with van der Waals surface area (Å²) < 4.78 is 10.4. The lowest BCUT2D eigenvalue weighted by Crippen LogP contribution is -2.00. The molecule has 80 valence electrons. The Bertz CT molecular complexity index is 258. The summed E-state index contributed by atoms with van der Waals surface area (Å²) in [7, 11) is 0. The molecule has 0 radical (unpaired) electrons. The Kier molecular flexibility index (Phi) is 4.46. The lowest BCUT2D eigenvalue weighted by atomic mass is 10.1. The molecule has 0 atom stereocenters. The van der Waals surface area contributed by atoms with Gasteiger partial charge in [-0.2, -0.15) is 4.98 Å². The average Bonchev–Trinajstić information content (AvgIpc) is 2.60. The Labute approximate surface area is 84.5 Å². The van der Waals surface area contributed by atoms with E-state index in [1.54, 1.807) is 0 Å². The van der Waals surface area contributed by atoms with Crippen molar-refractivity contribution in [3.05, 3.63) is 12.0 Å². The van der Waals surface area contributed by atoms with Crippen LogP contribution < -0.4 is 10.5 Å². The highest BCUT2D eigenvalue weighted by atomic mass is 16.6. The van der Waals surface area contributed by atoms with Crippen molar-refractivity contribution < 1.29 is 9.15 Å². The Hall–Kier alpha value is -1.03. The summed E-state index contributed by atoms with van der Waals surface area (Å²) in [4.78, 5) is 4.03. The third kappa shape index (κ3) is 3.79. The second-order valence-electron chi connectivity index (χ2n) is 3.69. The molecule has 1 aromatic heterocycles. The molecule has 0 aliphatic rings. The van der Waals surface area contributed by atoms with E-state index in [0.29, 0.717) is 25.1 Å². The molecule has 0 aliphatic carbocycles. The third-order valence-electron chi connectivity index (χ3n) is 1.89. The van der Waals surface area contributed by atoms with Crippen LogP contribution in [0.2, 0.25) is 0 Å². The number of ether oxygens (including phenoxy) is 1. The van der Waals surface area contributed by atoms with Crippen LogP contribution in [0, 0.1) is 5.92 Å². The van der Waals surface area contributed by atoms with Gasteiger partial charge in [-0.25, -0.2) is 0 Å². The number of nitrogens with two attached hydrogens (primary N) is 1. The van der Waals surface area contributed by atoms with E-state index in [4.69, 9.17) is 14.9 Å². The van der Waals surface area contributed by atoms with Crippen LogP contribution in [0.3, 0.4) is 0 Å². The Morgan fingerprint density at radius 3 is 2.93 bits per heavy atom. The molecule has 2 N–H and O–H groups in total. The molecule has 0 fully saturated rings. The van der Waals surface area contributed by atoms with Gasteiger partial charge in [-0.05, 0) is 18.8 Å². The molecular weight excluding hydrogens is 180 g/mol. The molecule has 1 aromatic rings. The molecule has 0 saturated heterocycles. The molecule has 4 nitrogen and oxygen atoms in total. The summed E-state index contributed by atoms with van der Waals surface area (Å²) in [6.45, 7) is 5.43. The molecule has 0 bridgehead atoms. The second kappa shape index (κ2) is 5.65. The van der Waals surface area contributed by atoms with E-state index in [0.717, 1.165) is 18.5 Å². The van der Waals surface area contributed by atoms with Crippen LogP contribution in [0.4, 0.5) is 0 Å². The highest BCUT2D eigenvalue weighted by molar-refractivity contribution is 4.98. The fourth-order valence-corrected chi connectivity index (χ4v) is 1.10. The van der Waals surface area contributed by atoms with Crippen LogP contribution in [-0.2, 0) is 6.54 Å². The highest BCUT2D eigenvalue weighted by Crippen LogP contribution is 2.11. The van der Waals surface area contributed by atoms with Gasteiger partial charge in [0, 0.05) is 6.54 Å². The normalized spacial score (nSPS) is 10.9. The van der Waals surface area contributed by atoms with Crippen molar-refractivity contribution in [2.45, 2.75) is 33.2 Å². The predicted octanol–water partition coefficient (Wildman–Crippen LogP) is 1.95. The first-order valence-corrected chi connectivity index (χ1v) is 4.99. The standard InChI is InChI=1S/C10H18N2O2/c1-8(2)4-3-5-13-10-12-9(6-11)7-14-10/h7-8H,3-6,11H2,1-2H3. The Morgan fingerprint density at radius 1 is 1.57 bits per heavy atom. The van der Waals surface area contributed by atoms with Gasteiger partial charge in [0.05, 0.1) is 12.3 Å². The molecule has 1 rings (SSSR count). The molecule has 0 saturated carbocycles. The summed E-state index contributed by atoms with van der Waals surface area (Å²) in [5.74, 6) is 0.711. The van der Waals surface area contributed by atoms with Crippen molar-refractivity contribution in [3.63, 3.8) is 0 Å². The van der Waals surface area contributed by atoms with Crippen LogP contribution in [-0.4, -0.2) is 11.6 Å². The lowest BCUT2D eigenvalue weighted by molar-refractivity contribution is 0.221. The Morgan fingerprint density at radius 2 is 2.36 bits per heavy atom. The minimum absolute atomic E-state index is 0.328. The minimum Gasteiger partial charge on any atom is -0.450 e. The van der Waals surface area contributed by atoms with Gasteiger partial charge in [0.25, 0.3) is 0 Å². The fraction of sp³-hybridized carbons (Fsp3) is 0.700. The number of rotatable bonds is 6. The van der Waals surface area contributed by atoms with E-state index < -0.39 is 0 Å². The molecule has 14 heavy (non-hydrogen) atoms. The maximum atomic E-state index is 5.38. The molecule has 0 aliphatic heterocycles. The van der Waals surface area contributed by atoms with E-state index in [1.807, 2.05) is 0 Å². The first kappa shape index (κ1) is 11.0. The largest absolute Gasteiger partial charge is 0.450 e. The molecule has 4 heteroatoms. The van der Waals surface area contributed by atoms with Crippen LogP contribution in [0.25, 0.3) is 0 Å². The predicted molar refractivity (Wildman–Crippen MR) is 54.0 cm³/mol. The van der Waals surface area contributed by atoms with Crippen LogP contribution in [0.1, 0.15) is 32.4 Å². The van der Waals surface area contributed by atoms with Gasteiger partial charge >= 0.3 is 6.08 Å². The van der Waals surface area contributed by atoms with Gasteiger partial charge in [0.1, 0.15) is 6.26 Å². The maximum absolute atomic E-state index is 5.38. The molecule has 1 heterocycles. The zero-order chi connectivity index (χ0) is 10.4. The maximum Gasteiger partial charge on any atom is 0.393 e. The quantitative estimate of drug-likeness (QED) is 0.710. The van der Waals surface area contributed by atoms with E-state index >= 15 is 0 Å². The van der Waals surface area contributed by atoms with Gasteiger partial charge in [0.15, 0.2) is 0 Å². The summed E-state index contributed by atoms with van der Waals surface area (Å²) in [5.41, 5.74) is 6.11. The van der Waals surface area contributed by atoms with Crippen LogP contribution in [0.15, 0.2) is 10.7 Å². The number of hydrogen-bond donors (Lipinski definition) is 1. The highest BCUT2D eigenvalue weighted by Gasteiger charge is 2.03. The average molecular weight is 198 g/mol. The smallest absolute Gasteiger partial charge is 0.393 e. The lowest BCUT2D eigenvalue weighted by Gasteiger charge is -2.03. The van der Waals surface area contributed by atoms with Crippen molar-refractivity contribution in [1.29, 1.82) is 0 Å². The number of aromatic nitrogens is 1. The van der Waals surface area contributed by atoms with Crippen molar-refractivity contribution in [1.82, 2.24) is 4.98 Å². The second-order valence-corrected chi connectivity index (χ2v) is 3.69. The summed E-state index contributed by atoms with van der Waals surface area (Å²) >= 11 is 0. The zero-order valence-corrected chi connectivity index (χ0v) is 8.82. The summed E-state index contributed by atoms with van der Waals surface area (Å²) in [6.07, 6.45) is 4.04. The summed E-state index contributed by atoms with van der Waals surface area (Å²) in [6, 6.07) is 0. The van der Waals surface area contributed by atoms with E-state index in [-0.39, 0.29) is 0 Å². The zero-order valence-electron chi connectivity index (χ0n) is 8.82. The minimum atomic E-state index is 0.328. The van der Waals surface area contributed by atoms with Gasteiger partial charge in [0.2, 0.25) is 0 Å². The van der Waals surface area contributed by atoms with Gasteiger partial charge in [-0.3, -0.25) is 0 Å². The van der Waals surface area contributed by atoms with Crippen molar-refractivity contribution in [3.8, 4) is 6.08 Å². The molecule has 0 spiro atoms. The Balaban J connectivity index is 2.18. The first-order chi connectivity index (χ1) is 6.72. The SMILES string of the molecule is CC(C)CCCOc1nc(CN)co1. The molecule has 0 unspecified atom stereocenters. The van der Waals surface area contributed by atoms with E-state index in [2.05, 4.69) is 18.8 Å². The number of nitrogens with zero attached hydrogens (tertiary/aromatic N) is 1. The summed E-state index contributed by atoms with van der Waals surface area (Å²) in [5, 5.41) is 0. The molecular formula is C10H18N2O2. The van der Waals surface area contributed by atoms with E-state index in [1.165, 1.54) is 6.26 Å². The number of hydrogen-bond acceptors (Lipinski definition) is 4.